The van der Waals surface area contributed by atoms with Crippen LogP contribution < -0.4 is 5.32 Å². The van der Waals surface area contributed by atoms with Crippen LogP contribution in [0.15, 0.2) is 48.7 Å². The Kier molecular flexibility index (Phi) is 4.60. The molecule has 1 heterocycles. The molecule has 4 heteroatoms. The lowest BCUT2D eigenvalue weighted by Gasteiger charge is -2.59. The van der Waals surface area contributed by atoms with E-state index in [4.69, 9.17) is 0 Å². The van der Waals surface area contributed by atoms with Crippen LogP contribution in [0.5, 0.6) is 0 Å². The van der Waals surface area contributed by atoms with Crippen molar-refractivity contribution in [3.8, 4) is 0 Å². The highest BCUT2D eigenvalue weighted by molar-refractivity contribution is 6.08. The zero-order chi connectivity index (χ0) is 20.0. The van der Waals surface area contributed by atoms with Crippen molar-refractivity contribution in [2.45, 2.75) is 58.0 Å². The molecule has 6 rings (SSSR count). The Morgan fingerprint density at radius 1 is 1.00 bits per heavy atom. The van der Waals surface area contributed by atoms with Crippen molar-refractivity contribution >= 4 is 11.7 Å². The lowest BCUT2D eigenvalue weighted by molar-refractivity contribution is -0.126. The molecule has 1 amide bonds. The van der Waals surface area contributed by atoms with Crippen molar-refractivity contribution in [2.24, 2.45) is 23.2 Å². The third-order valence-corrected chi connectivity index (χ3v) is 7.79. The number of hydrogen-bond donors (Lipinski definition) is 1. The lowest BCUT2D eigenvalue weighted by Crippen LogP contribution is -2.56. The molecular weight excluding hydrogens is 360 g/mol. The summed E-state index contributed by atoms with van der Waals surface area (Å²) in [4.78, 5) is 25.7. The van der Waals surface area contributed by atoms with E-state index in [1.54, 1.807) is 10.6 Å². The first-order valence-electron chi connectivity index (χ1n) is 11.1. The first-order chi connectivity index (χ1) is 14.0. The van der Waals surface area contributed by atoms with Crippen LogP contribution in [0.4, 0.5) is 0 Å². The molecule has 4 aliphatic rings. The van der Waals surface area contributed by atoms with Crippen LogP contribution in [0.2, 0.25) is 0 Å². The standard InChI is InChI=1S/C25H30N2O2/c1-17(25-13-18-10-19(14-25)12-20(11-18)15-25)26-23(28)16-27-9-5-8-22(27)24(29)21-6-3-2-4-7-21/h2-9,17-20H,10-16H2,1H3,(H,26,28)/t17-,18?,19?,20?,25?/m1/s1. The normalized spacial score (nSPS) is 30.9. The molecule has 1 N–H and O–H groups in total. The summed E-state index contributed by atoms with van der Waals surface area (Å²) in [5, 5.41) is 3.31. The Labute approximate surface area is 172 Å². The number of nitrogens with one attached hydrogen (secondary N) is 1. The maximum Gasteiger partial charge on any atom is 0.240 e. The number of benzene rings is 1. The fraction of sp³-hybridized carbons (Fsp3) is 0.520. The average molecular weight is 391 g/mol. The molecule has 29 heavy (non-hydrogen) atoms. The van der Waals surface area contributed by atoms with Crippen molar-refractivity contribution in [3.63, 3.8) is 0 Å². The Morgan fingerprint density at radius 3 is 2.24 bits per heavy atom. The number of ketones is 1. The largest absolute Gasteiger partial charge is 0.352 e. The van der Waals surface area contributed by atoms with Gasteiger partial charge in [0.05, 0.1) is 5.69 Å². The van der Waals surface area contributed by atoms with Gasteiger partial charge in [-0.1, -0.05) is 30.3 Å². The Bertz CT molecular complexity index is 879. The van der Waals surface area contributed by atoms with Crippen LogP contribution in [-0.2, 0) is 11.3 Å². The van der Waals surface area contributed by atoms with Crippen LogP contribution >= 0.6 is 0 Å². The van der Waals surface area contributed by atoms with Crippen molar-refractivity contribution in [3.05, 3.63) is 59.9 Å². The van der Waals surface area contributed by atoms with Gasteiger partial charge in [-0.15, -0.1) is 0 Å². The number of nitrogens with zero attached hydrogens (tertiary/aromatic N) is 1. The smallest absolute Gasteiger partial charge is 0.240 e. The summed E-state index contributed by atoms with van der Waals surface area (Å²) in [5.41, 5.74) is 1.51. The Morgan fingerprint density at radius 2 is 1.62 bits per heavy atom. The molecule has 4 nitrogen and oxygen atoms in total. The fourth-order valence-electron chi connectivity index (χ4n) is 6.80. The fourth-order valence-corrected chi connectivity index (χ4v) is 6.80. The molecule has 4 aliphatic carbocycles. The SMILES string of the molecule is C[C@@H](NC(=O)Cn1cccc1C(=O)c1ccccc1)C12CC3CC(CC(C3)C1)C2. The van der Waals surface area contributed by atoms with Crippen molar-refractivity contribution in [2.75, 3.05) is 0 Å². The highest BCUT2D eigenvalue weighted by atomic mass is 16.2. The minimum absolute atomic E-state index is 0.00607. The molecule has 4 fully saturated rings. The quantitative estimate of drug-likeness (QED) is 0.742. The second kappa shape index (κ2) is 7.16. The van der Waals surface area contributed by atoms with E-state index < -0.39 is 0 Å². The van der Waals surface area contributed by atoms with Crippen LogP contribution in [0.1, 0.15) is 61.5 Å². The van der Waals surface area contributed by atoms with Gasteiger partial charge < -0.3 is 9.88 Å². The van der Waals surface area contributed by atoms with Gasteiger partial charge in [0.25, 0.3) is 0 Å². The zero-order valence-electron chi connectivity index (χ0n) is 17.1. The lowest BCUT2D eigenvalue weighted by atomic mass is 9.48. The van der Waals surface area contributed by atoms with Gasteiger partial charge in [-0.3, -0.25) is 9.59 Å². The van der Waals surface area contributed by atoms with Crippen molar-refractivity contribution in [1.82, 2.24) is 9.88 Å². The molecular formula is C25H30N2O2. The predicted octanol–water partition coefficient (Wildman–Crippen LogP) is 4.44. The number of amides is 1. The van der Waals surface area contributed by atoms with Crippen molar-refractivity contribution < 1.29 is 9.59 Å². The van der Waals surface area contributed by atoms with E-state index in [9.17, 15) is 9.59 Å². The van der Waals surface area contributed by atoms with Gasteiger partial charge in [-0.25, -0.2) is 0 Å². The third kappa shape index (κ3) is 3.43. The first-order valence-corrected chi connectivity index (χ1v) is 11.1. The zero-order valence-corrected chi connectivity index (χ0v) is 17.1. The number of hydrogen-bond acceptors (Lipinski definition) is 2. The minimum atomic E-state index is -0.0440. The van der Waals surface area contributed by atoms with E-state index in [0.717, 1.165) is 17.8 Å². The van der Waals surface area contributed by atoms with E-state index in [-0.39, 0.29) is 24.3 Å². The number of aromatic nitrogens is 1. The van der Waals surface area contributed by atoms with Gasteiger partial charge in [0.15, 0.2) is 0 Å². The molecule has 1 aromatic carbocycles. The number of carbonyl (C=O) groups excluding carboxylic acids is 2. The highest BCUT2D eigenvalue weighted by Gasteiger charge is 2.53. The third-order valence-electron chi connectivity index (χ3n) is 7.79. The molecule has 152 valence electrons. The summed E-state index contributed by atoms with van der Waals surface area (Å²) in [6.07, 6.45) is 9.90. The number of carbonyl (C=O) groups is 2. The van der Waals surface area contributed by atoms with Gasteiger partial charge in [-0.2, -0.15) is 0 Å². The molecule has 1 atom stereocenters. The molecule has 0 radical (unpaired) electrons. The van der Waals surface area contributed by atoms with Gasteiger partial charge in [-0.05, 0) is 80.8 Å². The van der Waals surface area contributed by atoms with Gasteiger partial charge in [0.1, 0.15) is 6.54 Å². The number of rotatable bonds is 6. The van der Waals surface area contributed by atoms with Crippen LogP contribution in [-0.4, -0.2) is 22.3 Å². The maximum atomic E-state index is 12.9. The summed E-state index contributed by atoms with van der Waals surface area (Å²) in [6.45, 7) is 2.40. The second-order valence-electron chi connectivity index (χ2n) is 9.79. The Hall–Kier alpha value is -2.36. The van der Waals surface area contributed by atoms with Crippen LogP contribution in [0.3, 0.4) is 0 Å². The van der Waals surface area contributed by atoms with Crippen LogP contribution in [0.25, 0.3) is 0 Å². The molecule has 4 saturated carbocycles. The topological polar surface area (TPSA) is 51.1 Å². The molecule has 2 aromatic rings. The highest BCUT2D eigenvalue weighted by Crippen LogP contribution is 2.61. The summed E-state index contributed by atoms with van der Waals surface area (Å²) >= 11 is 0. The molecule has 1 aromatic heterocycles. The maximum absolute atomic E-state index is 12.9. The van der Waals surface area contributed by atoms with E-state index >= 15 is 0 Å². The molecule has 4 bridgehead atoms. The predicted molar refractivity (Wildman–Crippen MR) is 113 cm³/mol. The minimum Gasteiger partial charge on any atom is -0.352 e. The van der Waals surface area contributed by atoms with E-state index in [1.807, 2.05) is 42.6 Å². The first kappa shape index (κ1) is 18.7. The van der Waals surface area contributed by atoms with E-state index in [0.29, 0.717) is 16.7 Å². The molecule has 0 aliphatic heterocycles. The van der Waals surface area contributed by atoms with Gasteiger partial charge in [0, 0.05) is 17.8 Å². The second-order valence-corrected chi connectivity index (χ2v) is 9.79. The van der Waals surface area contributed by atoms with Gasteiger partial charge >= 0.3 is 0 Å². The summed E-state index contributed by atoms with van der Waals surface area (Å²) in [5.74, 6) is 2.59. The van der Waals surface area contributed by atoms with E-state index in [2.05, 4.69) is 12.2 Å². The Balaban J connectivity index is 1.26. The van der Waals surface area contributed by atoms with Crippen LogP contribution in [0, 0.1) is 23.2 Å². The van der Waals surface area contributed by atoms with E-state index in [1.165, 1.54) is 38.5 Å². The summed E-state index contributed by atoms with van der Waals surface area (Å²) in [6, 6.07) is 13.1. The monoisotopic (exact) mass is 390 g/mol. The summed E-state index contributed by atoms with van der Waals surface area (Å²) in [7, 11) is 0. The molecule has 0 unspecified atom stereocenters. The summed E-state index contributed by atoms with van der Waals surface area (Å²) < 4.78 is 1.77. The van der Waals surface area contributed by atoms with Gasteiger partial charge in [0.2, 0.25) is 11.7 Å². The molecule has 0 spiro atoms. The average Bonchev–Trinajstić information content (AvgIpc) is 3.15. The molecule has 0 saturated heterocycles. The van der Waals surface area contributed by atoms with Crippen molar-refractivity contribution in [1.29, 1.82) is 0 Å².